The van der Waals surface area contributed by atoms with E-state index in [1.54, 1.807) is 42.5 Å². The fourth-order valence-corrected chi connectivity index (χ4v) is 6.44. The molecule has 4 aliphatic heterocycles. The second-order valence-corrected chi connectivity index (χ2v) is 9.12. The molecule has 3 saturated heterocycles. The summed E-state index contributed by atoms with van der Waals surface area (Å²) >= 11 is 12.6. The van der Waals surface area contributed by atoms with Crippen LogP contribution in [0.4, 0.5) is 11.4 Å². The number of hydrogen-bond donors (Lipinski definition) is 1. The van der Waals surface area contributed by atoms with E-state index in [9.17, 15) is 14.4 Å². The summed E-state index contributed by atoms with van der Waals surface area (Å²) < 4.78 is 0. The number of benzene rings is 2. The first-order chi connectivity index (χ1) is 14.5. The monoisotopic (exact) mass is 441 g/mol. The lowest BCUT2D eigenvalue weighted by atomic mass is 9.75. The van der Waals surface area contributed by atoms with Gasteiger partial charge < -0.3 is 5.32 Å². The summed E-state index contributed by atoms with van der Waals surface area (Å²) in [5.74, 6) is -2.33. The Morgan fingerprint density at radius 1 is 1.03 bits per heavy atom. The Morgan fingerprint density at radius 3 is 2.63 bits per heavy atom. The summed E-state index contributed by atoms with van der Waals surface area (Å²) in [7, 11) is 0. The number of imide groups is 1. The van der Waals surface area contributed by atoms with Crippen molar-refractivity contribution in [3.05, 3.63) is 58.1 Å². The molecule has 0 aliphatic carbocycles. The Kier molecular flexibility index (Phi) is 3.71. The average Bonchev–Trinajstić information content (AvgIpc) is 3.42. The van der Waals surface area contributed by atoms with Gasteiger partial charge in [0.25, 0.3) is 0 Å². The predicted molar refractivity (Wildman–Crippen MR) is 112 cm³/mol. The molecule has 4 atom stereocenters. The molecule has 4 aliphatic rings. The molecule has 2 aromatic carbocycles. The van der Waals surface area contributed by atoms with Gasteiger partial charge in [0.1, 0.15) is 5.54 Å². The SMILES string of the molecule is O=C1[C@@H]2[C@@H]3CCCN3[C@]3(C(=O)Nc4ccc(Cl)cc43)[C@H]2C(=O)N1c1ccccc1Cl. The topological polar surface area (TPSA) is 69.7 Å². The van der Waals surface area contributed by atoms with E-state index in [1.165, 1.54) is 4.90 Å². The smallest absolute Gasteiger partial charge is 0.250 e. The van der Waals surface area contributed by atoms with Crippen LogP contribution >= 0.6 is 23.2 Å². The minimum absolute atomic E-state index is 0.172. The molecule has 0 unspecified atom stereocenters. The molecule has 152 valence electrons. The highest BCUT2D eigenvalue weighted by atomic mass is 35.5. The van der Waals surface area contributed by atoms with Crippen LogP contribution in [0.25, 0.3) is 0 Å². The molecule has 0 saturated carbocycles. The minimum atomic E-state index is -1.23. The highest BCUT2D eigenvalue weighted by Gasteiger charge is 2.74. The predicted octanol–water partition coefficient (Wildman–Crippen LogP) is 3.42. The molecular weight excluding hydrogens is 425 g/mol. The first-order valence-electron chi connectivity index (χ1n) is 9.97. The van der Waals surface area contributed by atoms with E-state index in [0.29, 0.717) is 33.5 Å². The number of hydrogen-bond acceptors (Lipinski definition) is 4. The fraction of sp³-hybridized carbons (Fsp3) is 0.318. The molecule has 1 spiro atoms. The maximum Gasteiger partial charge on any atom is 0.250 e. The maximum absolute atomic E-state index is 13.8. The third-order valence-corrected chi connectivity index (χ3v) is 7.60. The lowest BCUT2D eigenvalue weighted by molar-refractivity contribution is -0.135. The van der Waals surface area contributed by atoms with Crippen molar-refractivity contribution in [1.29, 1.82) is 0 Å². The first kappa shape index (κ1) is 18.4. The zero-order chi connectivity index (χ0) is 20.8. The van der Waals surface area contributed by atoms with E-state index < -0.39 is 17.4 Å². The number of nitrogens with one attached hydrogen (secondary N) is 1. The highest BCUT2D eigenvalue weighted by molar-refractivity contribution is 6.36. The van der Waals surface area contributed by atoms with Crippen LogP contribution < -0.4 is 10.2 Å². The molecule has 3 fully saturated rings. The Morgan fingerprint density at radius 2 is 1.83 bits per heavy atom. The zero-order valence-electron chi connectivity index (χ0n) is 15.8. The minimum Gasteiger partial charge on any atom is -0.324 e. The molecule has 2 aromatic rings. The molecular formula is C22H17Cl2N3O3. The molecule has 0 aromatic heterocycles. The van der Waals surface area contributed by atoms with Gasteiger partial charge in [-0.2, -0.15) is 0 Å². The van der Waals surface area contributed by atoms with Crippen molar-refractivity contribution in [1.82, 2.24) is 4.90 Å². The van der Waals surface area contributed by atoms with E-state index in [2.05, 4.69) is 10.2 Å². The number of carbonyl (C=O) groups excluding carboxylic acids is 3. The third-order valence-electron chi connectivity index (χ3n) is 7.05. The van der Waals surface area contributed by atoms with Gasteiger partial charge in [-0.25, -0.2) is 4.90 Å². The molecule has 1 N–H and O–H groups in total. The standard InChI is InChI=1S/C22H17Cl2N3O3/c23-11-7-8-14-12(10-11)22(21(30)25-14)18-17(16-6-3-9-26(16)22)19(28)27(20(18)29)15-5-2-1-4-13(15)24/h1-2,4-5,7-8,10,16-18H,3,6,9H2,(H,25,30)/t16-,17+,18+,22-/m0/s1. The molecule has 0 radical (unpaired) electrons. The van der Waals surface area contributed by atoms with Crippen LogP contribution in [0.1, 0.15) is 18.4 Å². The molecule has 30 heavy (non-hydrogen) atoms. The average molecular weight is 442 g/mol. The van der Waals surface area contributed by atoms with Crippen molar-refractivity contribution in [2.24, 2.45) is 11.8 Å². The molecule has 4 heterocycles. The van der Waals surface area contributed by atoms with Gasteiger partial charge in [-0.3, -0.25) is 19.3 Å². The highest BCUT2D eigenvalue weighted by Crippen LogP contribution is 2.61. The maximum atomic E-state index is 13.8. The Balaban J connectivity index is 1.58. The van der Waals surface area contributed by atoms with Crippen LogP contribution in [0.5, 0.6) is 0 Å². The number of para-hydroxylation sites is 1. The summed E-state index contributed by atoms with van der Waals surface area (Å²) in [6.07, 6.45) is 1.63. The molecule has 3 amide bonds. The molecule has 8 heteroatoms. The molecule has 0 bridgehead atoms. The van der Waals surface area contributed by atoms with Gasteiger partial charge in [-0.05, 0) is 49.7 Å². The van der Waals surface area contributed by atoms with E-state index in [1.807, 2.05) is 0 Å². The first-order valence-corrected chi connectivity index (χ1v) is 10.7. The largest absolute Gasteiger partial charge is 0.324 e. The van der Waals surface area contributed by atoms with E-state index in [4.69, 9.17) is 23.2 Å². The van der Waals surface area contributed by atoms with Crippen molar-refractivity contribution in [3.63, 3.8) is 0 Å². The number of fused-ring (bicyclic) bond motifs is 7. The Labute approximate surface area is 182 Å². The van der Waals surface area contributed by atoms with Gasteiger partial charge in [0.05, 0.1) is 22.5 Å². The number of amides is 3. The van der Waals surface area contributed by atoms with Crippen molar-refractivity contribution in [2.45, 2.75) is 24.4 Å². The van der Waals surface area contributed by atoms with Crippen LogP contribution in [0, 0.1) is 11.8 Å². The van der Waals surface area contributed by atoms with Crippen LogP contribution in [0.3, 0.4) is 0 Å². The number of halogens is 2. The molecule has 6 nitrogen and oxygen atoms in total. The van der Waals surface area contributed by atoms with Crippen molar-refractivity contribution in [2.75, 3.05) is 16.8 Å². The number of nitrogens with zero attached hydrogens (tertiary/aromatic N) is 2. The van der Waals surface area contributed by atoms with Crippen molar-refractivity contribution >= 4 is 52.3 Å². The quantitative estimate of drug-likeness (QED) is 0.688. The number of rotatable bonds is 1. The van der Waals surface area contributed by atoms with Crippen molar-refractivity contribution < 1.29 is 14.4 Å². The van der Waals surface area contributed by atoms with Crippen LogP contribution in [-0.4, -0.2) is 35.2 Å². The summed E-state index contributed by atoms with van der Waals surface area (Å²) in [5.41, 5.74) is 0.469. The van der Waals surface area contributed by atoms with Gasteiger partial charge in [0.2, 0.25) is 17.7 Å². The summed E-state index contributed by atoms with van der Waals surface area (Å²) in [4.78, 5) is 44.1. The van der Waals surface area contributed by atoms with E-state index in [0.717, 1.165) is 12.8 Å². The summed E-state index contributed by atoms with van der Waals surface area (Å²) in [6, 6.07) is 11.9. The van der Waals surface area contributed by atoms with E-state index in [-0.39, 0.29) is 23.8 Å². The van der Waals surface area contributed by atoms with Gasteiger partial charge in [0.15, 0.2) is 0 Å². The number of carbonyl (C=O) groups is 3. The van der Waals surface area contributed by atoms with Gasteiger partial charge in [0, 0.05) is 22.3 Å². The Hall–Kier alpha value is -2.41. The van der Waals surface area contributed by atoms with Crippen LogP contribution in [0.15, 0.2) is 42.5 Å². The van der Waals surface area contributed by atoms with Gasteiger partial charge >= 0.3 is 0 Å². The van der Waals surface area contributed by atoms with Gasteiger partial charge in [-0.15, -0.1) is 0 Å². The lowest BCUT2D eigenvalue weighted by Gasteiger charge is -2.36. The van der Waals surface area contributed by atoms with Crippen LogP contribution in [-0.2, 0) is 19.9 Å². The van der Waals surface area contributed by atoms with Crippen LogP contribution in [0.2, 0.25) is 10.0 Å². The third kappa shape index (κ3) is 2.02. The van der Waals surface area contributed by atoms with Crippen molar-refractivity contribution in [3.8, 4) is 0 Å². The lowest BCUT2D eigenvalue weighted by Crippen LogP contribution is -2.54. The summed E-state index contributed by atoms with van der Waals surface area (Å²) in [6.45, 7) is 0.656. The Bertz CT molecular complexity index is 1150. The van der Waals surface area contributed by atoms with Gasteiger partial charge in [-0.1, -0.05) is 35.3 Å². The zero-order valence-corrected chi connectivity index (χ0v) is 17.3. The summed E-state index contributed by atoms with van der Waals surface area (Å²) in [5, 5.41) is 3.76. The second-order valence-electron chi connectivity index (χ2n) is 8.28. The molecule has 6 rings (SSSR count). The second kappa shape index (κ2) is 6.06. The normalized spacial score (nSPS) is 32.0. The van der Waals surface area contributed by atoms with E-state index >= 15 is 0 Å². The number of anilines is 2. The fourth-order valence-electron chi connectivity index (χ4n) is 6.05.